The Kier molecular flexibility index (Phi) is 6.37. The predicted molar refractivity (Wildman–Crippen MR) is 133 cm³/mol. The minimum atomic E-state index is -0.544. The maximum Gasteiger partial charge on any atom is 0.317 e. The Morgan fingerprint density at radius 1 is 0.824 bits per heavy atom. The van der Waals surface area contributed by atoms with Crippen molar-refractivity contribution < 1.29 is 4.79 Å². The van der Waals surface area contributed by atoms with Crippen molar-refractivity contribution in [1.29, 1.82) is 0 Å². The Balaban J connectivity index is 1.28. The molecule has 0 atom stereocenters. The number of carbonyl (C=O) groups is 1. The molecule has 7 heteroatoms. The summed E-state index contributed by atoms with van der Waals surface area (Å²) in [5.41, 5.74) is 1.88. The van der Waals surface area contributed by atoms with Gasteiger partial charge in [-0.15, -0.1) is 0 Å². The van der Waals surface area contributed by atoms with Gasteiger partial charge in [-0.3, -0.25) is 23.9 Å². The summed E-state index contributed by atoms with van der Waals surface area (Å²) >= 11 is 0. The van der Waals surface area contributed by atoms with Gasteiger partial charge in [0.25, 0.3) is 5.91 Å². The SMILES string of the molecule is Cn1c(=O)c(=O)n(Cc2ccc(C(=O)N3CCN(C4CCCCC4)CC3)cc2)c2ccccc21. The maximum absolute atomic E-state index is 13.1. The highest BCUT2D eigenvalue weighted by atomic mass is 16.2. The summed E-state index contributed by atoms with van der Waals surface area (Å²) in [6.07, 6.45) is 6.60. The topological polar surface area (TPSA) is 67.5 Å². The molecule has 2 heterocycles. The fourth-order valence-electron chi connectivity index (χ4n) is 5.46. The van der Waals surface area contributed by atoms with E-state index < -0.39 is 11.1 Å². The lowest BCUT2D eigenvalue weighted by molar-refractivity contribution is 0.0523. The van der Waals surface area contributed by atoms with Crippen LogP contribution in [-0.4, -0.2) is 57.1 Å². The third-order valence-corrected chi connectivity index (χ3v) is 7.50. The van der Waals surface area contributed by atoms with Crippen LogP contribution in [0.4, 0.5) is 0 Å². The second kappa shape index (κ2) is 9.58. The van der Waals surface area contributed by atoms with E-state index in [0.29, 0.717) is 22.6 Å². The van der Waals surface area contributed by atoms with Crippen LogP contribution in [-0.2, 0) is 13.6 Å². The van der Waals surface area contributed by atoms with E-state index in [2.05, 4.69) is 4.90 Å². The van der Waals surface area contributed by atoms with Crippen molar-refractivity contribution >= 4 is 16.9 Å². The Hall–Kier alpha value is -3.19. The molecular formula is C27H32N4O3. The summed E-state index contributed by atoms with van der Waals surface area (Å²) in [5.74, 6) is 0.0611. The van der Waals surface area contributed by atoms with Gasteiger partial charge in [-0.1, -0.05) is 43.5 Å². The highest BCUT2D eigenvalue weighted by Gasteiger charge is 2.27. The van der Waals surface area contributed by atoms with E-state index in [0.717, 1.165) is 31.7 Å². The van der Waals surface area contributed by atoms with Gasteiger partial charge in [0, 0.05) is 44.8 Å². The van der Waals surface area contributed by atoms with Gasteiger partial charge < -0.3 is 9.47 Å². The van der Waals surface area contributed by atoms with E-state index in [9.17, 15) is 14.4 Å². The van der Waals surface area contributed by atoms with Crippen molar-refractivity contribution in [2.45, 2.75) is 44.7 Å². The summed E-state index contributed by atoms with van der Waals surface area (Å²) in [6, 6.07) is 15.5. The number of amides is 1. The van der Waals surface area contributed by atoms with Gasteiger partial charge in [0.15, 0.2) is 0 Å². The van der Waals surface area contributed by atoms with Crippen LogP contribution in [0.3, 0.4) is 0 Å². The minimum Gasteiger partial charge on any atom is -0.336 e. The molecule has 2 aromatic carbocycles. The van der Waals surface area contributed by atoms with Gasteiger partial charge >= 0.3 is 11.1 Å². The van der Waals surface area contributed by atoms with Crippen molar-refractivity contribution in [3.05, 3.63) is 80.4 Å². The summed E-state index contributed by atoms with van der Waals surface area (Å²) in [5, 5.41) is 0. The van der Waals surface area contributed by atoms with Crippen LogP contribution in [0.5, 0.6) is 0 Å². The third kappa shape index (κ3) is 4.32. The van der Waals surface area contributed by atoms with Crippen LogP contribution in [0, 0.1) is 0 Å². The van der Waals surface area contributed by atoms with Gasteiger partial charge in [-0.25, -0.2) is 0 Å². The van der Waals surface area contributed by atoms with E-state index in [-0.39, 0.29) is 12.5 Å². The Bertz CT molecular complexity index is 1290. The van der Waals surface area contributed by atoms with E-state index in [4.69, 9.17) is 0 Å². The maximum atomic E-state index is 13.1. The predicted octanol–water partition coefficient (Wildman–Crippen LogP) is 2.84. The van der Waals surface area contributed by atoms with Crippen molar-refractivity contribution in [3.63, 3.8) is 0 Å². The van der Waals surface area contributed by atoms with Crippen molar-refractivity contribution in [2.75, 3.05) is 26.2 Å². The average Bonchev–Trinajstić information content (AvgIpc) is 2.90. The standard InChI is InChI=1S/C27H32N4O3/c1-28-23-9-5-6-10-24(23)31(27(34)26(28)33)19-20-11-13-21(14-12-20)25(32)30-17-15-29(16-18-30)22-7-3-2-4-8-22/h5-6,9-14,22H,2-4,7-8,15-19H2,1H3. The van der Waals surface area contributed by atoms with Gasteiger partial charge in [0.2, 0.25) is 0 Å². The molecule has 0 bridgehead atoms. The Morgan fingerprint density at radius 3 is 2.15 bits per heavy atom. The first-order chi connectivity index (χ1) is 16.5. The Labute approximate surface area is 199 Å². The molecule has 2 fully saturated rings. The number of carbonyl (C=O) groups excluding carboxylic acids is 1. The van der Waals surface area contributed by atoms with Gasteiger partial charge in [-0.2, -0.15) is 0 Å². The number of rotatable bonds is 4. The monoisotopic (exact) mass is 460 g/mol. The number of piperazine rings is 1. The molecule has 3 aromatic rings. The van der Waals surface area contributed by atoms with E-state index in [1.54, 1.807) is 7.05 Å². The number of nitrogens with zero attached hydrogens (tertiary/aromatic N) is 4. The second-order valence-electron chi connectivity index (χ2n) is 9.56. The van der Waals surface area contributed by atoms with Crippen LogP contribution in [0.2, 0.25) is 0 Å². The Morgan fingerprint density at radius 2 is 1.47 bits per heavy atom. The van der Waals surface area contributed by atoms with Crippen LogP contribution in [0.25, 0.3) is 11.0 Å². The molecule has 178 valence electrons. The van der Waals surface area contributed by atoms with Crippen molar-refractivity contribution in [2.24, 2.45) is 7.05 Å². The molecule has 1 aliphatic heterocycles. The molecule has 1 saturated carbocycles. The van der Waals surface area contributed by atoms with Crippen LogP contribution < -0.4 is 11.1 Å². The number of hydrogen-bond acceptors (Lipinski definition) is 4. The van der Waals surface area contributed by atoms with E-state index >= 15 is 0 Å². The third-order valence-electron chi connectivity index (χ3n) is 7.50. The quantitative estimate of drug-likeness (QED) is 0.562. The number of para-hydroxylation sites is 2. The minimum absolute atomic E-state index is 0.0611. The molecule has 0 spiro atoms. The highest BCUT2D eigenvalue weighted by Crippen LogP contribution is 2.24. The summed E-state index contributed by atoms with van der Waals surface area (Å²) in [7, 11) is 1.62. The van der Waals surface area contributed by atoms with Gasteiger partial charge in [0.05, 0.1) is 17.6 Å². The highest BCUT2D eigenvalue weighted by molar-refractivity contribution is 5.94. The fourth-order valence-corrected chi connectivity index (χ4v) is 5.46. The van der Waals surface area contributed by atoms with Crippen LogP contribution in [0.1, 0.15) is 48.0 Å². The van der Waals surface area contributed by atoms with Gasteiger partial charge in [0.1, 0.15) is 0 Å². The average molecular weight is 461 g/mol. The van der Waals surface area contributed by atoms with E-state index in [1.807, 2.05) is 53.4 Å². The molecule has 34 heavy (non-hydrogen) atoms. The smallest absolute Gasteiger partial charge is 0.317 e. The van der Waals surface area contributed by atoms with Crippen LogP contribution >= 0.6 is 0 Å². The molecule has 7 nitrogen and oxygen atoms in total. The number of aryl methyl sites for hydroxylation is 1. The molecular weight excluding hydrogens is 428 g/mol. The molecule has 1 aliphatic carbocycles. The molecule has 0 N–H and O–H groups in total. The second-order valence-corrected chi connectivity index (χ2v) is 9.56. The molecule has 5 rings (SSSR count). The molecule has 0 unspecified atom stereocenters. The lowest BCUT2D eigenvalue weighted by Gasteiger charge is -2.40. The van der Waals surface area contributed by atoms with Gasteiger partial charge in [-0.05, 0) is 42.7 Å². The van der Waals surface area contributed by atoms with E-state index in [1.165, 1.54) is 41.2 Å². The number of fused-ring (bicyclic) bond motifs is 1. The number of aromatic nitrogens is 2. The molecule has 1 amide bonds. The molecule has 1 aromatic heterocycles. The first-order valence-corrected chi connectivity index (χ1v) is 12.3. The first-order valence-electron chi connectivity index (χ1n) is 12.3. The lowest BCUT2D eigenvalue weighted by Crippen LogP contribution is -2.52. The first kappa shape index (κ1) is 22.6. The zero-order valence-corrected chi connectivity index (χ0v) is 19.8. The fraction of sp³-hybridized carbons (Fsp3) is 0.444. The number of hydrogen-bond donors (Lipinski definition) is 0. The zero-order valence-electron chi connectivity index (χ0n) is 19.8. The van der Waals surface area contributed by atoms with Crippen molar-refractivity contribution in [3.8, 4) is 0 Å². The summed E-state index contributed by atoms with van der Waals surface area (Å²) in [6.45, 7) is 3.72. The number of benzene rings is 2. The summed E-state index contributed by atoms with van der Waals surface area (Å²) < 4.78 is 2.91. The molecule has 2 aliphatic rings. The summed E-state index contributed by atoms with van der Waals surface area (Å²) in [4.78, 5) is 42.7. The normalized spacial score (nSPS) is 17.9. The van der Waals surface area contributed by atoms with Crippen molar-refractivity contribution in [1.82, 2.24) is 18.9 Å². The lowest BCUT2D eigenvalue weighted by atomic mass is 9.94. The molecule has 0 radical (unpaired) electrons. The zero-order chi connectivity index (χ0) is 23.7. The molecule has 1 saturated heterocycles. The van der Waals surface area contributed by atoms with Crippen LogP contribution in [0.15, 0.2) is 58.1 Å². The largest absolute Gasteiger partial charge is 0.336 e.